The summed E-state index contributed by atoms with van der Waals surface area (Å²) in [6, 6.07) is 8.98. The molecule has 0 amide bonds. The van der Waals surface area contributed by atoms with Crippen LogP contribution >= 0.6 is 0 Å². The van der Waals surface area contributed by atoms with Gasteiger partial charge < -0.3 is 10.2 Å². The highest BCUT2D eigenvalue weighted by Crippen LogP contribution is 2.57. The third kappa shape index (κ3) is 1.54. The van der Waals surface area contributed by atoms with E-state index in [9.17, 15) is 0 Å². The van der Waals surface area contributed by atoms with Crippen molar-refractivity contribution in [2.75, 3.05) is 10.2 Å². The van der Waals surface area contributed by atoms with Crippen LogP contribution in [0.3, 0.4) is 0 Å². The third-order valence-corrected chi connectivity index (χ3v) is 6.24. The van der Waals surface area contributed by atoms with Gasteiger partial charge >= 0.3 is 0 Å². The largest absolute Gasteiger partial charge is 0.360 e. The zero-order valence-electron chi connectivity index (χ0n) is 12.7. The van der Waals surface area contributed by atoms with Gasteiger partial charge in [0.05, 0.1) is 11.4 Å². The molecule has 2 nitrogen and oxygen atoms in total. The van der Waals surface area contributed by atoms with Gasteiger partial charge in [-0.2, -0.15) is 0 Å². The molecule has 1 aromatic carbocycles. The molecule has 0 radical (unpaired) electrons. The minimum atomic E-state index is 0.206. The van der Waals surface area contributed by atoms with Crippen LogP contribution in [0.25, 0.3) is 0 Å². The number of benzene rings is 1. The lowest BCUT2D eigenvalue weighted by atomic mass is 9.70. The Morgan fingerprint density at radius 2 is 1.95 bits per heavy atom. The second-order valence-electron chi connectivity index (χ2n) is 7.31. The van der Waals surface area contributed by atoms with Crippen LogP contribution in [0, 0.1) is 5.92 Å². The van der Waals surface area contributed by atoms with E-state index in [1.807, 2.05) is 0 Å². The number of allylic oxidation sites excluding steroid dienone is 2. The molecule has 1 spiro atoms. The molecule has 0 bridgehead atoms. The predicted octanol–water partition coefficient (Wildman–Crippen LogP) is 5.04. The third-order valence-electron chi connectivity index (χ3n) is 6.24. The van der Waals surface area contributed by atoms with Crippen LogP contribution in [0.4, 0.5) is 11.4 Å². The average molecular weight is 280 g/mol. The Kier molecular flexibility index (Phi) is 2.47. The van der Waals surface area contributed by atoms with Crippen LogP contribution in [0.1, 0.15) is 57.8 Å². The van der Waals surface area contributed by atoms with Crippen molar-refractivity contribution in [2.24, 2.45) is 5.92 Å². The number of hydrogen-bond acceptors (Lipinski definition) is 2. The highest BCUT2D eigenvalue weighted by molar-refractivity contribution is 5.81. The maximum absolute atomic E-state index is 3.98. The van der Waals surface area contributed by atoms with E-state index in [-0.39, 0.29) is 5.66 Å². The van der Waals surface area contributed by atoms with Crippen LogP contribution in [0.5, 0.6) is 0 Å². The Morgan fingerprint density at radius 1 is 1.05 bits per heavy atom. The maximum atomic E-state index is 3.98. The summed E-state index contributed by atoms with van der Waals surface area (Å²) in [6.45, 7) is 0. The summed E-state index contributed by atoms with van der Waals surface area (Å²) < 4.78 is 0. The molecule has 2 aliphatic heterocycles. The van der Waals surface area contributed by atoms with E-state index in [0.29, 0.717) is 0 Å². The first-order valence-electron chi connectivity index (χ1n) is 8.77. The lowest BCUT2D eigenvalue weighted by Crippen LogP contribution is -2.60. The summed E-state index contributed by atoms with van der Waals surface area (Å²) in [5.41, 5.74) is 6.47. The normalized spacial score (nSPS) is 33.7. The molecule has 1 aromatic rings. The average Bonchev–Trinajstić information content (AvgIpc) is 2.87. The van der Waals surface area contributed by atoms with E-state index in [1.54, 1.807) is 11.3 Å². The predicted molar refractivity (Wildman–Crippen MR) is 87.3 cm³/mol. The standard InChI is InChI=1S/C19H24N2/c1-3-10-17-14(7-1)13-15-8-5-6-12-19(15)20-16-9-2-4-11-18(16)21(17)19/h2,4,9,11,15,20H,1,3,5-8,10,12-13H2. The van der Waals surface area contributed by atoms with E-state index in [2.05, 4.69) is 34.5 Å². The van der Waals surface area contributed by atoms with Crippen LogP contribution < -0.4 is 10.2 Å². The quantitative estimate of drug-likeness (QED) is 0.716. The minimum absolute atomic E-state index is 0.206. The Morgan fingerprint density at radius 3 is 2.95 bits per heavy atom. The van der Waals surface area contributed by atoms with Gasteiger partial charge in [0.15, 0.2) is 0 Å². The molecule has 1 N–H and O–H groups in total. The molecule has 2 aliphatic carbocycles. The van der Waals surface area contributed by atoms with Crippen molar-refractivity contribution in [3.05, 3.63) is 35.5 Å². The van der Waals surface area contributed by atoms with Crippen LogP contribution in [0.2, 0.25) is 0 Å². The highest BCUT2D eigenvalue weighted by atomic mass is 15.4. The van der Waals surface area contributed by atoms with Gasteiger partial charge in [0, 0.05) is 11.6 Å². The monoisotopic (exact) mass is 280 g/mol. The molecule has 5 rings (SSSR count). The summed E-state index contributed by atoms with van der Waals surface area (Å²) in [6.07, 6.45) is 12.3. The summed E-state index contributed by atoms with van der Waals surface area (Å²) in [4.78, 5) is 2.75. The summed E-state index contributed by atoms with van der Waals surface area (Å²) >= 11 is 0. The number of fused-ring (bicyclic) bond motifs is 3. The van der Waals surface area contributed by atoms with E-state index in [0.717, 1.165) is 5.92 Å². The van der Waals surface area contributed by atoms with Crippen LogP contribution in [-0.4, -0.2) is 5.66 Å². The fraction of sp³-hybridized carbons (Fsp3) is 0.579. The number of anilines is 2. The molecule has 2 heterocycles. The van der Waals surface area contributed by atoms with Crippen molar-refractivity contribution in [2.45, 2.75) is 63.5 Å². The Hall–Kier alpha value is -1.44. The first-order chi connectivity index (χ1) is 10.4. The molecule has 4 aliphatic rings. The number of nitrogens with zero attached hydrogens (tertiary/aromatic N) is 1. The van der Waals surface area contributed by atoms with Crippen molar-refractivity contribution in [3.63, 3.8) is 0 Å². The van der Waals surface area contributed by atoms with Gasteiger partial charge in [-0.1, -0.05) is 24.1 Å². The first-order valence-corrected chi connectivity index (χ1v) is 8.77. The molecular weight excluding hydrogens is 256 g/mol. The molecule has 110 valence electrons. The fourth-order valence-corrected chi connectivity index (χ4v) is 5.36. The first kappa shape index (κ1) is 12.1. The number of rotatable bonds is 0. The van der Waals surface area contributed by atoms with Gasteiger partial charge in [-0.25, -0.2) is 0 Å². The van der Waals surface area contributed by atoms with E-state index in [1.165, 1.54) is 69.2 Å². The molecule has 1 saturated carbocycles. The van der Waals surface area contributed by atoms with Crippen molar-refractivity contribution in [1.82, 2.24) is 0 Å². The zero-order chi connectivity index (χ0) is 13.9. The molecular formula is C19H24N2. The van der Waals surface area contributed by atoms with Gasteiger partial charge in [0.1, 0.15) is 5.66 Å². The van der Waals surface area contributed by atoms with Gasteiger partial charge in [-0.3, -0.25) is 0 Å². The molecule has 21 heavy (non-hydrogen) atoms. The van der Waals surface area contributed by atoms with Crippen LogP contribution in [0.15, 0.2) is 35.5 Å². The summed E-state index contributed by atoms with van der Waals surface area (Å²) in [5.74, 6) is 0.801. The van der Waals surface area contributed by atoms with Gasteiger partial charge in [-0.05, 0) is 63.5 Å². The number of para-hydroxylation sites is 2. The van der Waals surface area contributed by atoms with E-state index in [4.69, 9.17) is 0 Å². The van der Waals surface area contributed by atoms with Crippen molar-refractivity contribution < 1.29 is 0 Å². The van der Waals surface area contributed by atoms with E-state index < -0.39 is 0 Å². The van der Waals surface area contributed by atoms with Gasteiger partial charge in [-0.15, -0.1) is 0 Å². The van der Waals surface area contributed by atoms with Crippen LogP contribution in [-0.2, 0) is 0 Å². The lowest BCUT2D eigenvalue weighted by Gasteiger charge is -2.54. The number of nitrogens with one attached hydrogen (secondary N) is 1. The highest BCUT2D eigenvalue weighted by Gasteiger charge is 2.54. The second-order valence-corrected chi connectivity index (χ2v) is 7.31. The van der Waals surface area contributed by atoms with Gasteiger partial charge in [0.2, 0.25) is 0 Å². The second kappa shape index (κ2) is 4.28. The molecule has 0 aromatic heterocycles. The van der Waals surface area contributed by atoms with Crippen molar-refractivity contribution in [3.8, 4) is 0 Å². The Bertz CT molecular complexity index is 618. The lowest BCUT2D eigenvalue weighted by molar-refractivity contribution is 0.197. The molecule has 2 unspecified atom stereocenters. The molecule has 2 atom stereocenters. The Labute approximate surface area is 127 Å². The number of hydrogen-bond donors (Lipinski definition) is 1. The fourth-order valence-electron chi connectivity index (χ4n) is 5.36. The summed E-state index contributed by atoms with van der Waals surface area (Å²) in [5, 5.41) is 3.98. The smallest absolute Gasteiger partial charge is 0.118 e. The Balaban J connectivity index is 1.72. The summed E-state index contributed by atoms with van der Waals surface area (Å²) in [7, 11) is 0. The topological polar surface area (TPSA) is 15.3 Å². The van der Waals surface area contributed by atoms with E-state index >= 15 is 0 Å². The molecule has 1 fully saturated rings. The van der Waals surface area contributed by atoms with Gasteiger partial charge in [0.25, 0.3) is 0 Å². The van der Waals surface area contributed by atoms with Crippen molar-refractivity contribution >= 4 is 11.4 Å². The minimum Gasteiger partial charge on any atom is -0.360 e. The van der Waals surface area contributed by atoms with Crippen molar-refractivity contribution in [1.29, 1.82) is 0 Å². The molecule has 0 saturated heterocycles. The zero-order valence-corrected chi connectivity index (χ0v) is 12.7. The SMILES string of the molecule is c1ccc2c(c1)NC13CCCCC1CC1=C(CCCC1)N23. The maximum Gasteiger partial charge on any atom is 0.118 e. The molecule has 2 heteroatoms.